The molecule has 0 radical (unpaired) electrons. The molecule has 120 valence electrons. The molecule has 0 aromatic rings. The first-order valence-corrected chi connectivity index (χ1v) is 9.40. The molecule has 0 amide bonds. The van der Waals surface area contributed by atoms with Gasteiger partial charge in [0.25, 0.3) is 0 Å². The van der Waals surface area contributed by atoms with E-state index in [1.165, 1.54) is 51.4 Å². The predicted octanol–water partition coefficient (Wildman–Crippen LogP) is 3.80. The molecule has 2 atom stereocenters. The summed E-state index contributed by atoms with van der Waals surface area (Å²) in [6.45, 7) is 7.79. The van der Waals surface area contributed by atoms with Crippen molar-refractivity contribution in [1.29, 1.82) is 0 Å². The van der Waals surface area contributed by atoms with E-state index >= 15 is 0 Å². The van der Waals surface area contributed by atoms with Crippen molar-refractivity contribution < 1.29 is 5.11 Å². The Morgan fingerprint density at radius 3 is 2.35 bits per heavy atom. The second-order valence-electron chi connectivity index (χ2n) is 5.93. The molecule has 1 rings (SSSR count). The third kappa shape index (κ3) is 6.00. The molecule has 20 heavy (non-hydrogen) atoms. The number of hydrogen-bond acceptors (Lipinski definition) is 3. The van der Waals surface area contributed by atoms with Crippen LogP contribution in [0.1, 0.15) is 65.2 Å². The fourth-order valence-electron chi connectivity index (χ4n) is 3.19. The summed E-state index contributed by atoms with van der Waals surface area (Å²) in [5.41, 5.74) is 0. The Labute approximate surface area is 133 Å². The fourth-order valence-corrected chi connectivity index (χ4v) is 4.04. The molecule has 3 nitrogen and oxygen atoms in total. The molecule has 1 heterocycles. The second-order valence-corrected chi connectivity index (χ2v) is 6.98. The Bertz CT molecular complexity index is 241. The lowest BCUT2D eigenvalue weighted by Crippen LogP contribution is -2.41. The summed E-state index contributed by atoms with van der Waals surface area (Å²) >= 11 is 3.80. The topological polar surface area (TPSA) is 26.7 Å². The highest BCUT2D eigenvalue weighted by molar-refractivity contribution is 9.09. The van der Waals surface area contributed by atoms with E-state index in [1.54, 1.807) is 0 Å². The third-order valence-electron chi connectivity index (χ3n) is 4.23. The van der Waals surface area contributed by atoms with Crippen molar-refractivity contribution in [2.75, 3.05) is 26.2 Å². The number of halogens is 1. The number of β-amino-alcohol motifs (C(OH)–C–C–N with tert-alkyl or cyclic N) is 1. The van der Waals surface area contributed by atoms with Crippen molar-refractivity contribution >= 4 is 15.9 Å². The maximum atomic E-state index is 9.24. The van der Waals surface area contributed by atoms with E-state index < -0.39 is 0 Å². The molecule has 0 bridgehead atoms. The monoisotopic (exact) mass is 348 g/mol. The summed E-state index contributed by atoms with van der Waals surface area (Å²) in [5, 5.41) is 9.24. The molecule has 0 spiro atoms. The van der Waals surface area contributed by atoms with Crippen LogP contribution in [0, 0.1) is 0 Å². The number of nitrogens with zero attached hydrogens (tertiary/aromatic N) is 2. The maximum Gasteiger partial charge on any atom is 0.0797 e. The van der Waals surface area contributed by atoms with Crippen LogP contribution in [-0.4, -0.2) is 52.3 Å². The van der Waals surface area contributed by atoms with Crippen LogP contribution in [0.5, 0.6) is 0 Å². The van der Waals surface area contributed by atoms with Crippen LogP contribution in [-0.2, 0) is 0 Å². The summed E-state index contributed by atoms with van der Waals surface area (Å²) < 4.78 is 0. The summed E-state index contributed by atoms with van der Waals surface area (Å²) in [6, 6.07) is 0. The van der Waals surface area contributed by atoms with Gasteiger partial charge in [-0.2, -0.15) is 0 Å². The minimum atomic E-state index is 0.271. The van der Waals surface area contributed by atoms with E-state index in [-0.39, 0.29) is 6.61 Å². The molecule has 1 saturated heterocycles. The smallest absolute Gasteiger partial charge is 0.0797 e. The van der Waals surface area contributed by atoms with Gasteiger partial charge in [-0.1, -0.05) is 68.3 Å². The molecule has 1 fully saturated rings. The first-order valence-electron chi connectivity index (χ1n) is 8.49. The third-order valence-corrected chi connectivity index (χ3v) is 5.05. The van der Waals surface area contributed by atoms with Gasteiger partial charge in [0.05, 0.1) is 17.7 Å². The van der Waals surface area contributed by atoms with Gasteiger partial charge in [-0.25, -0.2) is 0 Å². The summed E-state index contributed by atoms with van der Waals surface area (Å²) in [5.74, 6) is 0. The largest absolute Gasteiger partial charge is 0.395 e. The minimum Gasteiger partial charge on any atom is -0.395 e. The van der Waals surface area contributed by atoms with Crippen LogP contribution in [0.2, 0.25) is 0 Å². The number of unbranched alkanes of at least 4 members (excludes halogenated alkanes) is 5. The van der Waals surface area contributed by atoms with Crippen LogP contribution in [0.4, 0.5) is 0 Å². The van der Waals surface area contributed by atoms with Crippen LogP contribution >= 0.6 is 15.9 Å². The van der Waals surface area contributed by atoms with Crippen molar-refractivity contribution in [3.8, 4) is 0 Å². The predicted molar refractivity (Wildman–Crippen MR) is 90.2 cm³/mol. The van der Waals surface area contributed by atoms with Crippen molar-refractivity contribution in [3.63, 3.8) is 0 Å². The second kappa shape index (κ2) is 11.0. The van der Waals surface area contributed by atoms with Crippen LogP contribution in [0.25, 0.3) is 0 Å². The van der Waals surface area contributed by atoms with Crippen molar-refractivity contribution in [3.05, 3.63) is 0 Å². The van der Waals surface area contributed by atoms with Crippen molar-refractivity contribution in [1.82, 2.24) is 9.80 Å². The Hall–Kier alpha value is 0.360. The molecular weight excluding hydrogens is 316 g/mol. The van der Waals surface area contributed by atoms with E-state index in [4.69, 9.17) is 0 Å². The first kappa shape index (κ1) is 18.4. The fraction of sp³-hybridized carbons (Fsp3) is 1.00. The van der Waals surface area contributed by atoms with E-state index in [0.29, 0.717) is 11.1 Å². The van der Waals surface area contributed by atoms with Gasteiger partial charge in [-0.15, -0.1) is 0 Å². The average molecular weight is 349 g/mol. The van der Waals surface area contributed by atoms with Crippen LogP contribution in [0.15, 0.2) is 0 Å². The SMILES string of the molecule is CCCCCCCCC1N(CCO)CC(Br)N1CCC. The van der Waals surface area contributed by atoms with Gasteiger partial charge in [0.1, 0.15) is 0 Å². The summed E-state index contributed by atoms with van der Waals surface area (Å²) in [7, 11) is 0. The highest BCUT2D eigenvalue weighted by atomic mass is 79.9. The van der Waals surface area contributed by atoms with E-state index in [0.717, 1.165) is 19.6 Å². The number of aliphatic hydroxyl groups excluding tert-OH is 1. The molecule has 1 N–H and O–H groups in total. The summed E-state index contributed by atoms with van der Waals surface area (Å²) in [4.78, 5) is 5.47. The molecule has 0 aliphatic carbocycles. The van der Waals surface area contributed by atoms with E-state index in [2.05, 4.69) is 39.6 Å². The van der Waals surface area contributed by atoms with Gasteiger partial charge in [-0.3, -0.25) is 9.80 Å². The van der Waals surface area contributed by atoms with Gasteiger partial charge in [0.2, 0.25) is 0 Å². The van der Waals surface area contributed by atoms with E-state index in [9.17, 15) is 5.11 Å². The molecule has 0 aromatic carbocycles. The number of rotatable bonds is 11. The maximum absolute atomic E-state index is 9.24. The first-order chi connectivity index (χ1) is 9.74. The Balaban J connectivity index is 2.35. The zero-order valence-electron chi connectivity index (χ0n) is 13.4. The number of hydrogen-bond donors (Lipinski definition) is 1. The summed E-state index contributed by atoms with van der Waals surface area (Å²) in [6.07, 6.45) is 11.1. The van der Waals surface area contributed by atoms with Gasteiger partial charge in [0, 0.05) is 19.6 Å². The van der Waals surface area contributed by atoms with Gasteiger partial charge >= 0.3 is 0 Å². The molecular formula is C16H33BrN2O. The zero-order valence-corrected chi connectivity index (χ0v) is 14.9. The standard InChI is InChI=1S/C16H33BrN2O/c1-3-5-6-7-8-9-10-16-18(12-13-20)14-15(17)19(16)11-4-2/h15-16,20H,3-14H2,1-2H3. The van der Waals surface area contributed by atoms with Crippen LogP contribution in [0.3, 0.4) is 0 Å². The number of aliphatic hydroxyl groups is 1. The number of alkyl halides is 1. The lowest BCUT2D eigenvalue weighted by atomic mass is 10.1. The minimum absolute atomic E-state index is 0.271. The Morgan fingerprint density at radius 1 is 1.00 bits per heavy atom. The average Bonchev–Trinajstić information content (AvgIpc) is 2.72. The quantitative estimate of drug-likeness (QED) is 0.349. The lowest BCUT2D eigenvalue weighted by Gasteiger charge is -2.30. The normalized spacial score (nSPS) is 24.6. The lowest BCUT2D eigenvalue weighted by molar-refractivity contribution is 0.103. The molecule has 0 saturated carbocycles. The van der Waals surface area contributed by atoms with E-state index in [1.807, 2.05) is 0 Å². The molecule has 0 aromatic heterocycles. The molecule has 1 aliphatic heterocycles. The van der Waals surface area contributed by atoms with Gasteiger partial charge in [0.15, 0.2) is 0 Å². The Kier molecular flexibility index (Phi) is 10.1. The molecule has 2 unspecified atom stereocenters. The zero-order chi connectivity index (χ0) is 14.8. The Morgan fingerprint density at radius 2 is 1.70 bits per heavy atom. The highest BCUT2D eigenvalue weighted by Crippen LogP contribution is 2.28. The van der Waals surface area contributed by atoms with Crippen LogP contribution < -0.4 is 0 Å². The molecule has 4 heteroatoms. The molecule has 1 aliphatic rings. The van der Waals surface area contributed by atoms with Gasteiger partial charge < -0.3 is 5.11 Å². The van der Waals surface area contributed by atoms with Crippen molar-refractivity contribution in [2.24, 2.45) is 0 Å². The van der Waals surface area contributed by atoms with Gasteiger partial charge in [-0.05, 0) is 12.8 Å². The highest BCUT2D eigenvalue weighted by Gasteiger charge is 2.36. The van der Waals surface area contributed by atoms with Crippen molar-refractivity contribution in [2.45, 2.75) is 76.3 Å².